The number of hydrogen-bond acceptors (Lipinski definition) is 4. The molecule has 0 aromatic heterocycles. The molecule has 0 spiro atoms. The number of ether oxygens (including phenoxy) is 2. The van der Waals surface area contributed by atoms with Crippen LogP contribution in [0.4, 0.5) is 10.5 Å². The number of nitrogens with one attached hydrogen (secondary N) is 2. The van der Waals surface area contributed by atoms with Crippen LogP contribution < -0.4 is 20.1 Å². The van der Waals surface area contributed by atoms with Gasteiger partial charge in [0.25, 0.3) is 0 Å². The Morgan fingerprint density at radius 3 is 2.35 bits per heavy atom. The molecule has 0 bridgehead atoms. The second-order valence-electron chi connectivity index (χ2n) is 4.20. The van der Waals surface area contributed by atoms with Gasteiger partial charge in [-0.3, -0.25) is 0 Å². The van der Waals surface area contributed by atoms with E-state index in [9.17, 15) is 4.79 Å². The highest BCUT2D eigenvalue weighted by Crippen LogP contribution is 2.33. The van der Waals surface area contributed by atoms with Gasteiger partial charge in [0.05, 0.1) is 14.2 Å². The quantitative estimate of drug-likeness (QED) is 0.637. The zero-order valence-corrected chi connectivity index (χ0v) is 11.9. The lowest BCUT2D eigenvalue weighted by atomic mass is 10.2. The molecule has 0 fully saturated rings. The molecule has 0 heterocycles. The van der Waals surface area contributed by atoms with Crippen molar-refractivity contribution >= 4 is 11.7 Å². The standard InChI is InChI=1S/C14H22N2O4/c1-19-11-7-6-8-12(20-2)13(11)16-14(18)15-9-4-3-5-10-17/h6-8,17H,3-5,9-10H2,1-2H3,(H2,15,16,18). The first-order chi connectivity index (χ1) is 9.72. The molecule has 1 aromatic carbocycles. The SMILES string of the molecule is COc1cccc(OC)c1NC(=O)NCCCCCO. The minimum Gasteiger partial charge on any atom is -0.494 e. The summed E-state index contributed by atoms with van der Waals surface area (Å²) in [6.07, 6.45) is 2.47. The molecule has 0 aliphatic rings. The average molecular weight is 282 g/mol. The summed E-state index contributed by atoms with van der Waals surface area (Å²) in [5.74, 6) is 1.08. The second kappa shape index (κ2) is 9.03. The normalized spacial score (nSPS) is 9.95. The molecule has 6 heteroatoms. The Labute approximate surface area is 119 Å². The summed E-state index contributed by atoms with van der Waals surface area (Å²) >= 11 is 0. The lowest BCUT2D eigenvalue weighted by molar-refractivity contribution is 0.251. The third-order valence-corrected chi connectivity index (χ3v) is 2.79. The highest BCUT2D eigenvalue weighted by Gasteiger charge is 2.12. The first-order valence-corrected chi connectivity index (χ1v) is 6.59. The largest absolute Gasteiger partial charge is 0.494 e. The summed E-state index contributed by atoms with van der Waals surface area (Å²) in [4.78, 5) is 11.8. The van der Waals surface area contributed by atoms with Gasteiger partial charge in [-0.25, -0.2) is 4.79 Å². The molecule has 0 atom stereocenters. The summed E-state index contributed by atoms with van der Waals surface area (Å²) in [6.45, 7) is 0.744. The zero-order valence-electron chi connectivity index (χ0n) is 11.9. The van der Waals surface area contributed by atoms with Gasteiger partial charge < -0.3 is 25.2 Å². The first kappa shape index (κ1) is 16.1. The van der Waals surface area contributed by atoms with E-state index in [1.54, 1.807) is 18.2 Å². The number of anilines is 1. The van der Waals surface area contributed by atoms with E-state index < -0.39 is 0 Å². The predicted octanol–water partition coefficient (Wildman–Crippen LogP) is 1.99. The topological polar surface area (TPSA) is 79.8 Å². The number of methoxy groups -OCH3 is 2. The molecule has 112 valence electrons. The Morgan fingerprint density at radius 2 is 1.80 bits per heavy atom. The van der Waals surface area contributed by atoms with Gasteiger partial charge >= 0.3 is 6.03 Å². The number of benzene rings is 1. The Kier molecular flexibility index (Phi) is 7.27. The maximum atomic E-state index is 11.8. The molecule has 20 heavy (non-hydrogen) atoms. The monoisotopic (exact) mass is 282 g/mol. The average Bonchev–Trinajstić information content (AvgIpc) is 2.47. The van der Waals surface area contributed by atoms with E-state index in [1.807, 2.05) is 0 Å². The molecule has 0 radical (unpaired) electrons. The van der Waals surface area contributed by atoms with Crippen LogP contribution in [0.2, 0.25) is 0 Å². The fraction of sp³-hybridized carbons (Fsp3) is 0.500. The number of unbranched alkanes of at least 4 members (excludes halogenated alkanes) is 2. The van der Waals surface area contributed by atoms with Crippen LogP contribution in [0.15, 0.2) is 18.2 Å². The van der Waals surface area contributed by atoms with Gasteiger partial charge in [0.2, 0.25) is 0 Å². The highest BCUT2D eigenvalue weighted by molar-refractivity contribution is 5.92. The van der Waals surface area contributed by atoms with Crippen LogP contribution in [-0.2, 0) is 0 Å². The van der Waals surface area contributed by atoms with Crippen molar-refractivity contribution in [3.05, 3.63) is 18.2 Å². The maximum absolute atomic E-state index is 11.8. The highest BCUT2D eigenvalue weighted by atomic mass is 16.5. The summed E-state index contributed by atoms with van der Waals surface area (Å²) in [5, 5.41) is 14.1. The summed E-state index contributed by atoms with van der Waals surface area (Å²) in [6, 6.07) is 4.98. The van der Waals surface area contributed by atoms with Crippen molar-refractivity contribution in [2.75, 3.05) is 32.7 Å². The zero-order chi connectivity index (χ0) is 14.8. The molecule has 0 aliphatic heterocycles. The lowest BCUT2D eigenvalue weighted by Gasteiger charge is -2.14. The summed E-state index contributed by atoms with van der Waals surface area (Å²) < 4.78 is 10.4. The summed E-state index contributed by atoms with van der Waals surface area (Å²) in [5.41, 5.74) is 0.505. The van der Waals surface area contributed by atoms with Gasteiger partial charge in [-0.2, -0.15) is 0 Å². The molecule has 0 unspecified atom stereocenters. The van der Waals surface area contributed by atoms with Crippen molar-refractivity contribution in [3.8, 4) is 11.5 Å². The number of hydrogen-bond donors (Lipinski definition) is 3. The Hall–Kier alpha value is -1.95. The van der Waals surface area contributed by atoms with E-state index in [0.717, 1.165) is 19.3 Å². The van der Waals surface area contributed by atoms with Crippen molar-refractivity contribution in [1.29, 1.82) is 0 Å². The van der Waals surface area contributed by atoms with E-state index in [0.29, 0.717) is 23.7 Å². The molecule has 1 rings (SSSR count). The Bertz CT molecular complexity index is 401. The Balaban J connectivity index is 2.52. The fourth-order valence-corrected chi connectivity index (χ4v) is 1.75. The number of urea groups is 1. The number of para-hydroxylation sites is 1. The van der Waals surface area contributed by atoms with Gasteiger partial charge in [0.1, 0.15) is 17.2 Å². The number of rotatable bonds is 8. The van der Waals surface area contributed by atoms with Crippen molar-refractivity contribution in [3.63, 3.8) is 0 Å². The lowest BCUT2D eigenvalue weighted by Crippen LogP contribution is -2.29. The van der Waals surface area contributed by atoms with Gasteiger partial charge in [-0.05, 0) is 31.4 Å². The van der Waals surface area contributed by atoms with Crippen LogP contribution in [-0.4, -0.2) is 38.5 Å². The number of aliphatic hydroxyl groups is 1. The molecular weight excluding hydrogens is 260 g/mol. The fourth-order valence-electron chi connectivity index (χ4n) is 1.75. The molecule has 2 amide bonds. The van der Waals surface area contributed by atoms with Crippen LogP contribution in [0.5, 0.6) is 11.5 Å². The van der Waals surface area contributed by atoms with E-state index in [-0.39, 0.29) is 12.6 Å². The van der Waals surface area contributed by atoms with Gasteiger partial charge in [0.15, 0.2) is 0 Å². The van der Waals surface area contributed by atoms with Gasteiger partial charge in [-0.1, -0.05) is 6.07 Å². The molecule has 6 nitrogen and oxygen atoms in total. The van der Waals surface area contributed by atoms with Crippen LogP contribution in [0.25, 0.3) is 0 Å². The predicted molar refractivity (Wildman–Crippen MR) is 77.5 cm³/mol. The van der Waals surface area contributed by atoms with Crippen molar-refractivity contribution < 1.29 is 19.4 Å². The minimum absolute atomic E-state index is 0.185. The van der Waals surface area contributed by atoms with Crippen molar-refractivity contribution in [1.82, 2.24) is 5.32 Å². The molecule has 0 saturated carbocycles. The molecular formula is C14H22N2O4. The van der Waals surface area contributed by atoms with Crippen molar-refractivity contribution in [2.45, 2.75) is 19.3 Å². The third kappa shape index (κ3) is 4.97. The molecule has 1 aromatic rings. The van der Waals surface area contributed by atoms with E-state index in [1.165, 1.54) is 14.2 Å². The third-order valence-electron chi connectivity index (χ3n) is 2.79. The molecule has 0 saturated heterocycles. The smallest absolute Gasteiger partial charge is 0.319 e. The number of carbonyl (C=O) groups excluding carboxylic acids is 1. The van der Waals surface area contributed by atoms with Crippen LogP contribution >= 0.6 is 0 Å². The number of carbonyl (C=O) groups is 1. The number of aliphatic hydroxyl groups excluding tert-OH is 1. The van der Waals surface area contributed by atoms with Gasteiger partial charge in [0, 0.05) is 13.2 Å². The van der Waals surface area contributed by atoms with Crippen LogP contribution in [0.1, 0.15) is 19.3 Å². The Morgan fingerprint density at radius 1 is 1.15 bits per heavy atom. The van der Waals surface area contributed by atoms with Gasteiger partial charge in [-0.15, -0.1) is 0 Å². The van der Waals surface area contributed by atoms with Crippen LogP contribution in [0, 0.1) is 0 Å². The first-order valence-electron chi connectivity index (χ1n) is 6.59. The second-order valence-corrected chi connectivity index (χ2v) is 4.20. The summed E-state index contributed by atoms with van der Waals surface area (Å²) in [7, 11) is 3.07. The van der Waals surface area contributed by atoms with E-state index in [4.69, 9.17) is 14.6 Å². The van der Waals surface area contributed by atoms with E-state index in [2.05, 4.69) is 10.6 Å². The number of amides is 2. The van der Waals surface area contributed by atoms with Crippen LogP contribution in [0.3, 0.4) is 0 Å². The maximum Gasteiger partial charge on any atom is 0.319 e. The molecule has 0 aliphatic carbocycles. The van der Waals surface area contributed by atoms with E-state index >= 15 is 0 Å². The molecule has 3 N–H and O–H groups in total. The van der Waals surface area contributed by atoms with Crippen molar-refractivity contribution in [2.24, 2.45) is 0 Å². The minimum atomic E-state index is -0.309.